The molecule has 4 nitrogen and oxygen atoms in total. The molecule has 2 aromatic heterocycles. The molecular weight excluding hydrogens is 426 g/mol. The van der Waals surface area contributed by atoms with E-state index in [0.29, 0.717) is 11.6 Å². The molecule has 33 heavy (non-hydrogen) atoms. The van der Waals surface area contributed by atoms with Crippen molar-refractivity contribution in [2.75, 3.05) is 7.05 Å². The number of carbonyl (C=O) groups is 1. The maximum absolute atomic E-state index is 13.6. The highest BCUT2D eigenvalue weighted by Gasteiger charge is 2.33. The van der Waals surface area contributed by atoms with Gasteiger partial charge in [0.05, 0.1) is 16.3 Å². The summed E-state index contributed by atoms with van der Waals surface area (Å²) in [6.45, 7) is 12.7. The monoisotopic (exact) mass is 459 g/mol. The molecule has 0 saturated heterocycles. The summed E-state index contributed by atoms with van der Waals surface area (Å²) in [5.74, 6) is 4.21. The summed E-state index contributed by atoms with van der Waals surface area (Å²) in [4.78, 5) is 21.4. The largest absolute Gasteiger partial charge is 0.335 e. The van der Waals surface area contributed by atoms with Crippen molar-refractivity contribution in [3.8, 4) is 28.7 Å². The number of benzene rings is 1. The van der Waals surface area contributed by atoms with Gasteiger partial charge in [0.15, 0.2) is 11.5 Å². The smallest absolute Gasteiger partial charge is 0.274 e. The number of carbonyl (C=O) groups excluding carboxylic acids is 1. The Morgan fingerprint density at radius 3 is 2.58 bits per heavy atom. The van der Waals surface area contributed by atoms with Gasteiger partial charge in [0.2, 0.25) is 0 Å². The van der Waals surface area contributed by atoms with Gasteiger partial charge in [0.25, 0.3) is 5.91 Å². The van der Waals surface area contributed by atoms with Crippen LogP contribution in [0.1, 0.15) is 73.1 Å². The van der Waals surface area contributed by atoms with Gasteiger partial charge in [-0.25, -0.2) is 4.98 Å². The molecule has 0 atom stereocenters. The summed E-state index contributed by atoms with van der Waals surface area (Å²) in [6, 6.07) is 6.56. The molecule has 0 spiro atoms. The Labute approximate surface area is 201 Å². The van der Waals surface area contributed by atoms with Gasteiger partial charge in [-0.2, -0.15) is 0 Å². The fraction of sp³-hybridized carbons (Fsp3) is 0.429. The fourth-order valence-electron chi connectivity index (χ4n) is 4.37. The minimum Gasteiger partial charge on any atom is -0.335 e. The molecule has 1 amide bonds. The van der Waals surface area contributed by atoms with Crippen LogP contribution in [-0.4, -0.2) is 32.9 Å². The first-order valence-corrected chi connectivity index (χ1v) is 12.5. The molecule has 3 aromatic rings. The van der Waals surface area contributed by atoms with E-state index in [0.717, 1.165) is 46.9 Å². The number of rotatable bonds is 4. The van der Waals surface area contributed by atoms with Crippen LogP contribution < -0.4 is 0 Å². The Bertz CT molecular complexity index is 1260. The summed E-state index contributed by atoms with van der Waals surface area (Å²) < 4.78 is 2.22. The number of thiophene rings is 1. The van der Waals surface area contributed by atoms with Gasteiger partial charge in [-0.15, -0.1) is 17.8 Å². The third kappa shape index (κ3) is 4.25. The highest BCUT2D eigenvalue weighted by Crippen LogP contribution is 2.37. The number of aryl methyl sites for hydroxylation is 2. The van der Waals surface area contributed by atoms with Gasteiger partial charge >= 0.3 is 0 Å². The van der Waals surface area contributed by atoms with E-state index in [4.69, 9.17) is 11.4 Å². The number of imidazole rings is 1. The highest BCUT2D eigenvalue weighted by molar-refractivity contribution is 7.13. The predicted molar refractivity (Wildman–Crippen MR) is 137 cm³/mol. The lowest BCUT2D eigenvalue weighted by atomic mass is 9.91. The molecule has 0 N–H and O–H groups in total. The van der Waals surface area contributed by atoms with Crippen LogP contribution in [0.25, 0.3) is 16.4 Å². The summed E-state index contributed by atoms with van der Waals surface area (Å²) in [5.41, 5.74) is 6.95. The van der Waals surface area contributed by atoms with Crippen molar-refractivity contribution in [2.45, 2.75) is 66.3 Å². The highest BCUT2D eigenvalue weighted by atomic mass is 32.1. The molecule has 3 heterocycles. The van der Waals surface area contributed by atoms with Crippen LogP contribution in [0.15, 0.2) is 23.6 Å². The Balaban J connectivity index is 1.97. The normalized spacial score (nSPS) is 12.9. The Hall–Kier alpha value is -2.84. The van der Waals surface area contributed by atoms with Crippen LogP contribution in [0.2, 0.25) is 0 Å². The quantitative estimate of drug-likeness (QED) is 0.445. The molecule has 0 fully saturated rings. The maximum Gasteiger partial charge on any atom is 0.274 e. The van der Waals surface area contributed by atoms with E-state index >= 15 is 0 Å². The first-order valence-electron chi connectivity index (χ1n) is 11.6. The van der Waals surface area contributed by atoms with Crippen molar-refractivity contribution >= 4 is 17.2 Å². The van der Waals surface area contributed by atoms with E-state index in [-0.39, 0.29) is 11.4 Å². The van der Waals surface area contributed by atoms with E-state index in [1.54, 1.807) is 16.2 Å². The summed E-state index contributed by atoms with van der Waals surface area (Å²) in [5, 5.41) is 2.13. The number of hydrogen-bond donors (Lipinski definition) is 0. The van der Waals surface area contributed by atoms with Gasteiger partial charge in [0.1, 0.15) is 0 Å². The van der Waals surface area contributed by atoms with Crippen LogP contribution in [0, 0.1) is 25.2 Å². The lowest BCUT2D eigenvalue weighted by molar-refractivity contribution is 0.0649. The average molecular weight is 460 g/mol. The molecule has 4 rings (SSSR count). The van der Waals surface area contributed by atoms with Crippen LogP contribution in [0.4, 0.5) is 0 Å². The van der Waals surface area contributed by atoms with Crippen molar-refractivity contribution in [3.63, 3.8) is 0 Å². The third-order valence-electron chi connectivity index (χ3n) is 6.40. The van der Waals surface area contributed by atoms with Crippen LogP contribution >= 0.6 is 11.3 Å². The van der Waals surface area contributed by atoms with Gasteiger partial charge in [-0.1, -0.05) is 19.8 Å². The van der Waals surface area contributed by atoms with Gasteiger partial charge in [-0.05, 0) is 93.1 Å². The van der Waals surface area contributed by atoms with Crippen LogP contribution in [0.5, 0.6) is 0 Å². The second-order valence-electron chi connectivity index (χ2n) is 10.5. The summed E-state index contributed by atoms with van der Waals surface area (Å²) in [7, 11) is 1.86. The molecular formula is C28H33N3OS. The van der Waals surface area contributed by atoms with Crippen molar-refractivity contribution < 1.29 is 4.79 Å². The molecule has 0 saturated carbocycles. The zero-order chi connectivity index (χ0) is 24.1. The first-order chi connectivity index (χ1) is 15.5. The molecule has 1 aliphatic rings. The number of nitrogens with zero attached hydrogens (tertiary/aromatic N) is 3. The third-order valence-corrected chi connectivity index (χ3v) is 7.44. The molecule has 0 radical (unpaired) electrons. The van der Waals surface area contributed by atoms with E-state index in [9.17, 15) is 4.79 Å². The van der Waals surface area contributed by atoms with E-state index in [2.05, 4.69) is 54.8 Å². The topological polar surface area (TPSA) is 38.1 Å². The van der Waals surface area contributed by atoms with Gasteiger partial charge in [0, 0.05) is 18.2 Å². The van der Waals surface area contributed by atoms with Crippen LogP contribution in [0.3, 0.4) is 0 Å². The molecule has 5 heteroatoms. The lowest BCUT2D eigenvalue weighted by Crippen LogP contribution is -2.43. The number of amides is 1. The van der Waals surface area contributed by atoms with Crippen molar-refractivity contribution in [1.82, 2.24) is 14.5 Å². The van der Waals surface area contributed by atoms with E-state index in [1.807, 2.05) is 27.8 Å². The van der Waals surface area contributed by atoms with Gasteiger partial charge in [-0.3, -0.25) is 9.36 Å². The van der Waals surface area contributed by atoms with E-state index < -0.39 is 0 Å². The molecule has 1 aliphatic heterocycles. The van der Waals surface area contributed by atoms with E-state index in [1.165, 1.54) is 16.7 Å². The zero-order valence-corrected chi connectivity index (χ0v) is 21.6. The summed E-state index contributed by atoms with van der Waals surface area (Å²) in [6.07, 6.45) is 8.41. The van der Waals surface area contributed by atoms with Gasteiger partial charge < -0.3 is 4.90 Å². The molecule has 0 bridgehead atoms. The Morgan fingerprint density at radius 2 is 2.00 bits per heavy atom. The Kier molecular flexibility index (Phi) is 6.01. The SMILES string of the molecule is C#Cc1cc2c(cc1CC(C)C)-n1c(-c3cc(C)cs3)nc(C(=O)N(C)C(C)(C)C)c1CC2. The second-order valence-corrected chi connectivity index (χ2v) is 11.4. The predicted octanol–water partition coefficient (Wildman–Crippen LogP) is 6.06. The minimum absolute atomic E-state index is 0.0307. The van der Waals surface area contributed by atoms with Crippen molar-refractivity contribution in [1.29, 1.82) is 0 Å². The standard InChI is InChI=1S/C28H33N3OS/c1-9-19-14-20-10-11-22-25(27(32)30(8)28(5,6)7)29-26(24-13-18(4)16-33-24)31(22)23(20)15-21(19)12-17(2)3/h1,13-17H,10-12H2,2-8H3. The molecule has 172 valence electrons. The molecule has 1 aromatic carbocycles. The zero-order valence-electron chi connectivity index (χ0n) is 20.7. The first kappa shape index (κ1) is 23.3. The molecule has 0 unspecified atom stereocenters. The number of aromatic nitrogens is 2. The fourth-order valence-corrected chi connectivity index (χ4v) is 5.25. The molecule has 0 aliphatic carbocycles. The average Bonchev–Trinajstić information content (AvgIpc) is 3.34. The van der Waals surface area contributed by atoms with Crippen molar-refractivity contribution in [2.24, 2.45) is 5.92 Å². The van der Waals surface area contributed by atoms with Crippen molar-refractivity contribution in [3.05, 3.63) is 57.2 Å². The lowest BCUT2D eigenvalue weighted by Gasteiger charge is -2.32. The number of fused-ring (bicyclic) bond motifs is 3. The Morgan fingerprint density at radius 1 is 1.27 bits per heavy atom. The maximum atomic E-state index is 13.6. The number of terminal acetylenes is 1. The van der Waals surface area contributed by atoms with Crippen LogP contribution in [-0.2, 0) is 19.3 Å². The summed E-state index contributed by atoms with van der Waals surface area (Å²) >= 11 is 1.67. The second kappa shape index (κ2) is 8.50. The minimum atomic E-state index is -0.286. The number of hydrogen-bond acceptors (Lipinski definition) is 3.